The molecule has 2 amide bonds. The molecule has 37 heavy (non-hydrogen) atoms. The van der Waals surface area contributed by atoms with Crippen molar-refractivity contribution in [1.29, 1.82) is 0 Å². The molecule has 0 aliphatic carbocycles. The maximum atomic E-state index is 13.4. The number of piperazine rings is 2. The number of fused-ring (bicyclic) bond motifs is 2. The van der Waals surface area contributed by atoms with Gasteiger partial charge in [0.2, 0.25) is 5.91 Å². The number of ether oxygens (including phenoxy) is 1. The number of nitrogens with one attached hydrogen (secondary N) is 1. The number of rotatable bonds is 5. The van der Waals surface area contributed by atoms with Crippen LogP contribution in [0, 0.1) is 5.82 Å². The highest BCUT2D eigenvalue weighted by Gasteiger charge is 2.41. The van der Waals surface area contributed by atoms with E-state index in [2.05, 4.69) is 22.2 Å². The first kappa shape index (κ1) is 27.1. The fourth-order valence-corrected chi connectivity index (χ4v) is 5.18. The van der Waals surface area contributed by atoms with Gasteiger partial charge >= 0.3 is 6.09 Å². The van der Waals surface area contributed by atoms with E-state index < -0.39 is 11.7 Å². The van der Waals surface area contributed by atoms with Gasteiger partial charge in [0.1, 0.15) is 11.4 Å². The minimum absolute atomic E-state index is 0.0414. The average molecular weight is 529 g/mol. The van der Waals surface area contributed by atoms with Gasteiger partial charge in [0, 0.05) is 43.8 Å². The minimum Gasteiger partial charge on any atom is -0.444 e. The van der Waals surface area contributed by atoms with Gasteiger partial charge in [-0.1, -0.05) is 29.8 Å². The third-order valence-electron chi connectivity index (χ3n) is 6.40. The molecule has 2 unspecified atom stereocenters. The van der Waals surface area contributed by atoms with Crippen molar-refractivity contribution in [3.8, 4) is 0 Å². The van der Waals surface area contributed by atoms with Crippen LogP contribution in [0.5, 0.6) is 0 Å². The standard InChI is InChI=1S/C28H34ClFN4O3/c1-28(2,3)37-27(36)31-25-13-21(29)9-7-20(25)8-12-26(35)34-23-15-32(4)16-24(34)18-33(17-23)14-19-5-10-22(30)11-6-19/h5-13,23-24H,14-18H2,1-4H3,(H,31,36). The normalized spacial score (nSPS) is 20.8. The molecule has 198 valence electrons. The van der Waals surface area contributed by atoms with Gasteiger partial charge in [0.15, 0.2) is 0 Å². The van der Waals surface area contributed by atoms with E-state index >= 15 is 0 Å². The minimum atomic E-state index is -0.640. The molecule has 1 N–H and O–H groups in total. The van der Waals surface area contributed by atoms with Gasteiger partial charge in [-0.25, -0.2) is 9.18 Å². The molecular weight excluding hydrogens is 495 g/mol. The first-order valence-electron chi connectivity index (χ1n) is 12.4. The second-order valence-corrected chi connectivity index (χ2v) is 11.2. The van der Waals surface area contributed by atoms with Gasteiger partial charge in [-0.3, -0.25) is 15.0 Å². The van der Waals surface area contributed by atoms with Crippen molar-refractivity contribution in [2.45, 2.75) is 45.0 Å². The van der Waals surface area contributed by atoms with Crippen LogP contribution in [0.4, 0.5) is 14.9 Å². The van der Waals surface area contributed by atoms with Crippen molar-refractivity contribution < 1.29 is 18.7 Å². The molecule has 9 heteroatoms. The molecular formula is C28H34ClFN4O3. The van der Waals surface area contributed by atoms with Gasteiger partial charge in [0.05, 0.1) is 17.8 Å². The van der Waals surface area contributed by atoms with Crippen LogP contribution in [0.2, 0.25) is 5.02 Å². The van der Waals surface area contributed by atoms with Crippen LogP contribution in [-0.2, 0) is 16.1 Å². The number of hydrogen-bond donors (Lipinski definition) is 1. The first-order chi connectivity index (χ1) is 17.5. The largest absolute Gasteiger partial charge is 0.444 e. The molecule has 0 radical (unpaired) electrons. The number of halogens is 2. The zero-order chi connectivity index (χ0) is 26.7. The molecule has 0 aromatic heterocycles. The number of carbonyl (C=O) groups excluding carboxylic acids is 2. The van der Waals surface area contributed by atoms with Gasteiger partial charge in [-0.05, 0) is 69.3 Å². The predicted molar refractivity (Wildman–Crippen MR) is 144 cm³/mol. The van der Waals surface area contributed by atoms with Crippen LogP contribution in [-0.4, -0.2) is 77.6 Å². The molecule has 4 rings (SSSR count). The average Bonchev–Trinajstić information content (AvgIpc) is 2.78. The fraction of sp³-hybridized carbons (Fsp3) is 0.429. The van der Waals surface area contributed by atoms with Crippen molar-refractivity contribution in [2.24, 2.45) is 0 Å². The van der Waals surface area contributed by atoms with E-state index in [0.717, 1.165) is 38.3 Å². The van der Waals surface area contributed by atoms with Crippen LogP contribution < -0.4 is 5.32 Å². The monoisotopic (exact) mass is 528 g/mol. The Balaban J connectivity index is 1.46. The van der Waals surface area contributed by atoms with E-state index in [1.807, 2.05) is 17.0 Å². The maximum Gasteiger partial charge on any atom is 0.412 e. The molecule has 7 nitrogen and oxygen atoms in total. The number of nitrogens with zero attached hydrogens (tertiary/aromatic N) is 3. The first-order valence-corrected chi connectivity index (χ1v) is 12.8. The summed E-state index contributed by atoms with van der Waals surface area (Å²) in [5.41, 5.74) is 1.54. The van der Waals surface area contributed by atoms with E-state index in [1.165, 1.54) is 12.1 Å². The molecule has 2 aromatic carbocycles. The summed E-state index contributed by atoms with van der Waals surface area (Å²) in [6, 6.07) is 11.8. The summed E-state index contributed by atoms with van der Waals surface area (Å²) in [6.45, 7) is 9.13. The van der Waals surface area contributed by atoms with Gasteiger partial charge < -0.3 is 14.5 Å². The Bertz CT molecular complexity index is 1150. The third kappa shape index (κ3) is 7.31. The quantitative estimate of drug-likeness (QED) is 0.561. The van der Waals surface area contributed by atoms with E-state index in [0.29, 0.717) is 16.3 Å². The van der Waals surface area contributed by atoms with E-state index in [-0.39, 0.29) is 23.8 Å². The van der Waals surface area contributed by atoms with Crippen LogP contribution in [0.1, 0.15) is 31.9 Å². The van der Waals surface area contributed by atoms with Gasteiger partial charge in [-0.2, -0.15) is 0 Å². The Kier molecular flexibility index (Phi) is 8.21. The second-order valence-electron chi connectivity index (χ2n) is 10.8. The Hall–Kier alpha value is -2.94. The summed E-state index contributed by atoms with van der Waals surface area (Å²) in [5.74, 6) is -0.308. The highest BCUT2D eigenvalue weighted by Crippen LogP contribution is 2.26. The van der Waals surface area contributed by atoms with Gasteiger partial charge in [0.25, 0.3) is 0 Å². The van der Waals surface area contributed by atoms with Crippen molar-refractivity contribution in [3.05, 3.63) is 70.5 Å². The second kappa shape index (κ2) is 11.2. The zero-order valence-corrected chi connectivity index (χ0v) is 22.5. The van der Waals surface area contributed by atoms with Crippen LogP contribution in [0.15, 0.2) is 48.5 Å². The Morgan fingerprint density at radius 1 is 1.08 bits per heavy atom. The lowest BCUT2D eigenvalue weighted by molar-refractivity contribution is -0.140. The summed E-state index contributed by atoms with van der Waals surface area (Å²) < 4.78 is 18.7. The lowest BCUT2D eigenvalue weighted by atomic mass is 9.99. The number of carbonyl (C=O) groups is 2. The Morgan fingerprint density at radius 2 is 1.73 bits per heavy atom. The maximum absolute atomic E-state index is 13.4. The molecule has 2 aromatic rings. The molecule has 2 heterocycles. The van der Waals surface area contributed by atoms with Crippen molar-refractivity contribution in [1.82, 2.24) is 14.7 Å². The highest BCUT2D eigenvalue weighted by atomic mass is 35.5. The molecule has 0 saturated carbocycles. The number of benzene rings is 2. The molecule has 2 saturated heterocycles. The number of hydrogen-bond acceptors (Lipinski definition) is 5. The summed E-state index contributed by atoms with van der Waals surface area (Å²) >= 11 is 6.16. The van der Waals surface area contributed by atoms with E-state index in [4.69, 9.17) is 16.3 Å². The molecule has 2 bridgehead atoms. The fourth-order valence-electron chi connectivity index (χ4n) is 5.01. The summed E-state index contributed by atoms with van der Waals surface area (Å²) in [6.07, 6.45) is 2.67. The third-order valence-corrected chi connectivity index (χ3v) is 6.63. The topological polar surface area (TPSA) is 65.1 Å². The Morgan fingerprint density at radius 3 is 2.35 bits per heavy atom. The lowest BCUT2D eigenvalue weighted by Gasteiger charge is -2.52. The van der Waals surface area contributed by atoms with Crippen LogP contribution in [0.25, 0.3) is 6.08 Å². The highest BCUT2D eigenvalue weighted by molar-refractivity contribution is 6.31. The molecule has 2 fully saturated rings. The van der Waals surface area contributed by atoms with Crippen LogP contribution >= 0.6 is 11.6 Å². The summed E-state index contributed by atoms with van der Waals surface area (Å²) in [5, 5.41) is 3.19. The lowest BCUT2D eigenvalue weighted by Crippen LogP contribution is -2.68. The predicted octanol–water partition coefficient (Wildman–Crippen LogP) is 4.87. The van der Waals surface area contributed by atoms with Gasteiger partial charge in [-0.15, -0.1) is 0 Å². The van der Waals surface area contributed by atoms with Crippen molar-refractivity contribution in [3.63, 3.8) is 0 Å². The zero-order valence-electron chi connectivity index (χ0n) is 21.7. The molecule has 2 aliphatic rings. The molecule has 2 aliphatic heterocycles. The van der Waals surface area contributed by atoms with E-state index in [9.17, 15) is 14.0 Å². The summed E-state index contributed by atoms with van der Waals surface area (Å²) in [7, 11) is 2.08. The van der Waals surface area contributed by atoms with Crippen molar-refractivity contribution >= 4 is 35.4 Å². The number of amides is 2. The summed E-state index contributed by atoms with van der Waals surface area (Å²) in [4.78, 5) is 32.3. The van der Waals surface area contributed by atoms with E-state index in [1.54, 1.807) is 51.1 Å². The van der Waals surface area contributed by atoms with Crippen molar-refractivity contribution in [2.75, 3.05) is 38.5 Å². The number of likely N-dealkylation sites (N-methyl/N-ethyl adjacent to an activating group) is 1. The number of anilines is 1. The molecule has 2 atom stereocenters. The van der Waals surface area contributed by atoms with Crippen LogP contribution in [0.3, 0.4) is 0 Å². The SMILES string of the molecule is CN1CC2CN(Cc3ccc(F)cc3)CC(C1)N2C(=O)C=Cc1ccc(Cl)cc1NC(=O)OC(C)(C)C. The smallest absolute Gasteiger partial charge is 0.412 e. The molecule has 0 spiro atoms. The Labute approximate surface area is 222 Å².